The fourth-order valence-corrected chi connectivity index (χ4v) is 5.01. The molecule has 0 atom stereocenters. The van der Waals surface area contributed by atoms with Crippen LogP contribution < -0.4 is 20.3 Å². The monoisotopic (exact) mass is 637 g/mol. The summed E-state index contributed by atoms with van der Waals surface area (Å²) in [5, 5.41) is 20.0. The predicted molar refractivity (Wildman–Crippen MR) is 174 cm³/mol. The van der Waals surface area contributed by atoms with Crippen LogP contribution in [0.2, 0.25) is 5.02 Å². The Bertz CT molecular complexity index is 2230. The number of halogens is 1. The molecule has 0 spiro atoms. The lowest BCUT2D eigenvalue weighted by molar-refractivity contribution is -0.385. The van der Waals surface area contributed by atoms with Crippen molar-refractivity contribution in [2.75, 3.05) is 19.0 Å². The Morgan fingerprint density at radius 3 is 2.63 bits per heavy atom. The van der Waals surface area contributed by atoms with Gasteiger partial charge in [-0.2, -0.15) is 9.78 Å². The summed E-state index contributed by atoms with van der Waals surface area (Å²) in [6.07, 6.45) is 1.18. The van der Waals surface area contributed by atoms with Crippen LogP contribution in [0.5, 0.6) is 11.5 Å². The minimum Gasteiger partial charge on any atom is -0.496 e. The molecule has 0 bridgehead atoms. The Kier molecular flexibility index (Phi) is 8.19. The molecule has 12 nitrogen and oxygen atoms in total. The first-order valence-corrected chi connectivity index (χ1v) is 14.2. The van der Waals surface area contributed by atoms with Crippen LogP contribution in [-0.2, 0) is 4.79 Å². The standard InChI is InChI=1S/C33H24ClN5O7/c1-19-10-12-22(13-11-19)36-30(40)18-45-31-20(14-21(34)15-26(31)39(42)43)17-35-38-32(37-25-7-4-3-6-23(25)33(38)41)29-16-24-27(44-2)8-5-9-28(24)46-29/h3-17H,18H2,1-2H3,(H,36,40). The SMILES string of the molecule is COc1cccc2oc(-c3nc4ccccc4c(=O)n3N=Cc3cc(Cl)cc([N+](=O)[O-])c3OCC(=O)Nc3ccc(C)cc3)cc12. The number of para-hydroxylation sites is 1. The quantitative estimate of drug-likeness (QED) is 0.106. The molecule has 230 valence electrons. The number of methoxy groups -OCH3 is 1. The molecular formula is C33H24ClN5O7. The molecule has 0 fully saturated rings. The molecule has 2 aromatic heterocycles. The van der Waals surface area contributed by atoms with Crippen LogP contribution in [0.3, 0.4) is 0 Å². The maximum Gasteiger partial charge on any atom is 0.313 e. The number of nitrogens with zero attached hydrogens (tertiary/aromatic N) is 4. The van der Waals surface area contributed by atoms with Crippen LogP contribution in [-0.4, -0.2) is 40.4 Å². The maximum absolute atomic E-state index is 13.7. The highest BCUT2D eigenvalue weighted by Crippen LogP contribution is 2.35. The van der Waals surface area contributed by atoms with Gasteiger partial charge in [-0.15, -0.1) is 0 Å². The van der Waals surface area contributed by atoms with Gasteiger partial charge in [0.15, 0.2) is 12.4 Å². The van der Waals surface area contributed by atoms with E-state index in [1.54, 1.807) is 60.7 Å². The highest BCUT2D eigenvalue weighted by Gasteiger charge is 2.23. The molecule has 0 saturated carbocycles. The second-order valence-corrected chi connectivity index (χ2v) is 10.5. The Morgan fingerprint density at radius 2 is 1.87 bits per heavy atom. The number of ether oxygens (including phenoxy) is 2. The highest BCUT2D eigenvalue weighted by atomic mass is 35.5. The van der Waals surface area contributed by atoms with Gasteiger partial charge in [0.25, 0.3) is 11.5 Å². The first-order valence-electron chi connectivity index (χ1n) is 13.8. The summed E-state index contributed by atoms with van der Waals surface area (Å²) in [5.74, 6) is 0.0307. The van der Waals surface area contributed by atoms with Gasteiger partial charge in [-0.3, -0.25) is 19.7 Å². The van der Waals surface area contributed by atoms with Crippen LogP contribution in [0.1, 0.15) is 11.1 Å². The number of nitro groups is 1. The summed E-state index contributed by atoms with van der Waals surface area (Å²) < 4.78 is 18.2. The van der Waals surface area contributed by atoms with Gasteiger partial charge in [0.2, 0.25) is 11.6 Å². The third kappa shape index (κ3) is 6.01. The number of hydrogen-bond donors (Lipinski definition) is 1. The number of rotatable bonds is 9. The zero-order valence-corrected chi connectivity index (χ0v) is 25.1. The molecular weight excluding hydrogens is 614 g/mol. The minimum absolute atomic E-state index is 0.0122. The first-order chi connectivity index (χ1) is 22.2. The van der Waals surface area contributed by atoms with Gasteiger partial charge < -0.3 is 19.2 Å². The van der Waals surface area contributed by atoms with Crippen molar-refractivity contribution in [1.82, 2.24) is 9.66 Å². The Hall–Kier alpha value is -6.01. The maximum atomic E-state index is 13.7. The Labute approximate surface area is 265 Å². The van der Waals surface area contributed by atoms with E-state index in [1.807, 2.05) is 19.1 Å². The molecule has 1 amide bonds. The molecule has 0 aliphatic heterocycles. The van der Waals surface area contributed by atoms with Crippen molar-refractivity contribution in [1.29, 1.82) is 0 Å². The average Bonchev–Trinajstić information content (AvgIpc) is 3.49. The fourth-order valence-electron chi connectivity index (χ4n) is 4.79. The number of aryl methyl sites for hydroxylation is 1. The lowest BCUT2D eigenvalue weighted by atomic mass is 10.2. The van der Waals surface area contributed by atoms with Gasteiger partial charge in [-0.1, -0.05) is 47.5 Å². The third-order valence-corrected chi connectivity index (χ3v) is 7.19. The summed E-state index contributed by atoms with van der Waals surface area (Å²) in [6, 6.07) is 23.3. The van der Waals surface area contributed by atoms with E-state index in [1.165, 1.54) is 19.4 Å². The Morgan fingerprint density at radius 1 is 1.09 bits per heavy atom. The van der Waals surface area contributed by atoms with Crippen LogP contribution in [0.25, 0.3) is 33.5 Å². The molecule has 0 radical (unpaired) electrons. The van der Waals surface area contributed by atoms with Gasteiger partial charge in [-0.25, -0.2) is 4.98 Å². The number of furan rings is 1. The van der Waals surface area contributed by atoms with Crippen molar-refractivity contribution in [2.24, 2.45) is 5.10 Å². The summed E-state index contributed by atoms with van der Waals surface area (Å²) >= 11 is 6.23. The van der Waals surface area contributed by atoms with Gasteiger partial charge in [-0.05, 0) is 55.5 Å². The normalized spacial score (nSPS) is 11.3. The number of amides is 1. The molecule has 4 aromatic carbocycles. The van der Waals surface area contributed by atoms with Crippen molar-refractivity contribution < 1.29 is 23.6 Å². The number of aromatic nitrogens is 2. The van der Waals surface area contributed by atoms with Gasteiger partial charge in [0.1, 0.15) is 11.3 Å². The number of benzene rings is 4. The van der Waals surface area contributed by atoms with E-state index in [9.17, 15) is 19.7 Å². The number of fused-ring (bicyclic) bond motifs is 2. The van der Waals surface area contributed by atoms with Gasteiger partial charge >= 0.3 is 5.69 Å². The molecule has 1 N–H and O–H groups in total. The topological polar surface area (TPSA) is 151 Å². The van der Waals surface area contributed by atoms with Crippen molar-refractivity contribution in [3.8, 4) is 23.1 Å². The van der Waals surface area contributed by atoms with Crippen molar-refractivity contribution >= 4 is 57.0 Å². The lowest BCUT2D eigenvalue weighted by Crippen LogP contribution is -2.21. The molecule has 0 saturated heterocycles. The van der Waals surface area contributed by atoms with Gasteiger partial charge in [0, 0.05) is 22.3 Å². The summed E-state index contributed by atoms with van der Waals surface area (Å²) in [4.78, 5) is 42.4. The zero-order chi connectivity index (χ0) is 32.4. The van der Waals surface area contributed by atoms with Crippen molar-refractivity contribution in [3.63, 3.8) is 0 Å². The van der Waals surface area contributed by atoms with E-state index >= 15 is 0 Å². The van der Waals surface area contributed by atoms with Crippen LogP contribution in [0.4, 0.5) is 11.4 Å². The molecule has 0 unspecified atom stereocenters. The average molecular weight is 638 g/mol. The Balaban J connectivity index is 1.42. The molecule has 6 aromatic rings. The van der Waals surface area contributed by atoms with Crippen LogP contribution >= 0.6 is 11.6 Å². The molecule has 0 aliphatic rings. The fraction of sp³-hybridized carbons (Fsp3) is 0.0909. The molecule has 0 aliphatic carbocycles. The molecule has 6 rings (SSSR count). The number of anilines is 1. The molecule has 13 heteroatoms. The predicted octanol–water partition coefficient (Wildman–Crippen LogP) is 6.59. The number of nitrogens with one attached hydrogen (secondary N) is 1. The van der Waals surface area contributed by atoms with E-state index in [2.05, 4.69) is 15.4 Å². The summed E-state index contributed by atoms with van der Waals surface area (Å²) in [6.45, 7) is 1.36. The second kappa shape index (κ2) is 12.5. The van der Waals surface area contributed by atoms with Crippen molar-refractivity contribution in [3.05, 3.63) is 122 Å². The minimum atomic E-state index is -0.687. The number of carbonyl (C=O) groups excluding carboxylic acids is 1. The number of carbonyl (C=O) groups is 1. The summed E-state index contributed by atoms with van der Waals surface area (Å²) in [5.41, 5.74) is 1.47. The van der Waals surface area contributed by atoms with Crippen LogP contribution in [0.15, 0.2) is 99.2 Å². The van der Waals surface area contributed by atoms with Crippen molar-refractivity contribution in [2.45, 2.75) is 6.92 Å². The van der Waals surface area contributed by atoms with E-state index in [4.69, 9.17) is 25.5 Å². The summed E-state index contributed by atoms with van der Waals surface area (Å²) in [7, 11) is 1.53. The van der Waals surface area contributed by atoms with E-state index in [-0.39, 0.29) is 33.3 Å². The number of nitro benzene ring substituents is 1. The van der Waals surface area contributed by atoms with Crippen LogP contribution in [0, 0.1) is 17.0 Å². The molecule has 2 heterocycles. The molecule has 46 heavy (non-hydrogen) atoms. The van der Waals surface area contributed by atoms with Gasteiger partial charge in [0.05, 0.1) is 34.5 Å². The lowest BCUT2D eigenvalue weighted by Gasteiger charge is -2.11. The zero-order valence-electron chi connectivity index (χ0n) is 24.4. The third-order valence-electron chi connectivity index (χ3n) is 6.97. The highest BCUT2D eigenvalue weighted by molar-refractivity contribution is 6.31. The number of hydrogen-bond acceptors (Lipinski definition) is 9. The van der Waals surface area contributed by atoms with E-state index in [0.717, 1.165) is 16.3 Å². The largest absolute Gasteiger partial charge is 0.496 e. The van der Waals surface area contributed by atoms with E-state index < -0.39 is 28.7 Å². The van der Waals surface area contributed by atoms with E-state index in [0.29, 0.717) is 27.9 Å². The first kappa shape index (κ1) is 30.0. The second-order valence-electron chi connectivity index (χ2n) is 10.1. The smallest absolute Gasteiger partial charge is 0.313 e.